The maximum atomic E-state index is 12.6. The van der Waals surface area contributed by atoms with Crippen LogP contribution in [-0.2, 0) is 30.8 Å². The number of carbonyl (C=O) groups is 2. The third kappa shape index (κ3) is 4.21. The van der Waals surface area contributed by atoms with E-state index in [2.05, 4.69) is 13.0 Å². The number of aryl methyl sites for hydroxylation is 1. The average molecular weight is 543 g/mol. The molecule has 0 unspecified atom stereocenters. The molecule has 1 aromatic heterocycles. The first kappa shape index (κ1) is 26.6. The first-order chi connectivity index (χ1) is 19.4. The second-order valence-corrected chi connectivity index (χ2v) is 10.9. The molecular weight excluding hydrogens is 508 g/mol. The van der Waals surface area contributed by atoms with Crippen molar-refractivity contribution in [3.8, 4) is 11.4 Å². The summed E-state index contributed by atoms with van der Waals surface area (Å²) in [6, 6.07) is 15.0. The molecule has 3 atom stereocenters. The summed E-state index contributed by atoms with van der Waals surface area (Å²) in [5.74, 6) is -0.424. The first-order valence-corrected chi connectivity index (χ1v) is 14.0. The summed E-state index contributed by atoms with van der Waals surface area (Å²) >= 11 is 0. The van der Waals surface area contributed by atoms with E-state index in [4.69, 9.17) is 28.9 Å². The Bertz CT molecular complexity index is 1430. The van der Waals surface area contributed by atoms with Gasteiger partial charge in [-0.25, -0.2) is 19.6 Å². The van der Waals surface area contributed by atoms with Crippen molar-refractivity contribution in [1.82, 2.24) is 9.97 Å². The van der Waals surface area contributed by atoms with Gasteiger partial charge in [-0.15, -0.1) is 0 Å². The minimum absolute atomic E-state index is 0.112. The van der Waals surface area contributed by atoms with Crippen LogP contribution in [0.15, 0.2) is 54.7 Å². The van der Waals surface area contributed by atoms with Crippen molar-refractivity contribution >= 4 is 11.9 Å². The molecule has 3 aromatic rings. The third-order valence-electron chi connectivity index (χ3n) is 9.04. The molecule has 6 rings (SSSR count). The van der Waals surface area contributed by atoms with Crippen molar-refractivity contribution < 1.29 is 28.5 Å². The molecule has 2 heterocycles. The Morgan fingerprint density at radius 3 is 2.52 bits per heavy atom. The Morgan fingerprint density at radius 1 is 1.02 bits per heavy atom. The maximum absolute atomic E-state index is 12.6. The van der Waals surface area contributed by atoms with Crippen LogP contribution in [0.5, 0.6) is 0 Å². The van der Waals surface area contributed by atoms with Gasteiger partial charge in [-0.1, -0.05) is 31.2 Å². The van der Waals surface area contributed by atoms with Crippen LogP contribution in [0, 0.1) is 11.8 Å². The predicted molar refractivity (Wildman–Crippen MR) is 147 cm³/mol. The van der Waals surface area contributed by atoms with Crippen molar-refractivity contribution in [3.63, 3.8) is 0 Å². The Hall–Kier alpha value is -3.62. The van der Waals surface area contributed by atoms with Crippen molar-refractivity contribution in [3.05, 3.63) is 82.7 Å². The minimum Gasteiger partial charge on any atom is -0.465 e. The van der Waals surface area contributed by atoms with E-state index in [1.54, 1.807) is 25.1 Å². The molecule has 208 valence electrons. The molecule has 1 saturated heterocycles. The lowest BCUT2D eigenvalue weighted by Gasteiger charge is -2.55. The number of hydrogen-bond acceptors (Lipinski definition) is 8. The lowest BCUT2D eigenvalue weighted by molar-refractivity contribution is -0.232. The van der Waals surface area contributed by atoms with E-state index in [1.807, 2.05) is 30.5 Å². The smallest absolute Gasteiger partial charge is 0.338 e. The molecule has 40 heavy (non-hydrogen) atoms. The van der Waals surface area contributed by atoms with Crippen molar-refractivity contribution in [1.29, 1.82) is 0 Å². The number of carbonyl (C=O) groups excluding carboxylic acids is 2. The van der Waals surface area contributed by atoms with E-state index < -0.39 is 11.2 Å². The molecule has 0 bridgehead atoms. The van der Waals surface area contributed by atoms with Gasteiger partial charge < -0.3 is 18.9 Å². The van der Waals surface area contributed by atoms with Gasteiger partial charge in [-0.3, -0.25) is 0 Å². The van der Waals surface area contributed by atoms with Gasteiger partial charge in [0.15, 0.2) is 11.6 Å². The van der Waals surface area contributed by atoms with Gasteiger partial charge in [0.05, 0.1) is 43.8 Å². The Labute approximate surface area is 234 Å². The molecule has 8 heteroatoms. The quantitative estimate of drug-likeness (QED) is 0.410. The summed E-state index contributed by atoms with van der Waals surface area (Å²) in [6.45, 7) is 5.55. The van der Waals surface area contributed by atoms with E-state index in [0.29, 0.717) is 36.8 Å². The highest BCUT2D eigenvalue weighted by Crippen LogP contribution is 2.59. The SMILES string of the molecule is CCOC(=O)c1ccc(-c2ncc3c(n2)[C@]2(c4cccc(C(=O)OC)c4)CCC4(OCCO4)[C@@H](C)[C@H]2CC3)cc1. The fourth-order valence-electron chi connectivity index (χ4n) is 7.12. The van der Waals surface area contributed by atoms with Gasteiger partial charge in [0, 0.05) is 29.5 Å². The topological polar surface area (TPSA) is 96.8 Å². The normalized spacial score (nSPS) is 24.7. The molecule has 2 fully saturated rings. The fraction of sp³-hybridized carbons (Fsp3) is 0.438. The lowest BCUT2D eigenvalue weighted by Crippen LogP contribution is -2.57. The van der Waals surface area contributed by atoms with Crippen LogP contribution in [0.25, 0.3) is 11.4 Å². The van der Waals surface area contributed by atoms with E-state index >= 15 is 0 Å². The highest BCUT2D eigenvalue weighted by molar-refractivity contribution is 5.90. The maximum Gasteiger partial charge on any atom is 0.338 e. The number of esters is 2. The van der Waals surface area contributed by atoms with Gasteiger partial charge >= 0.3 is 11.9 Å². The zero-order chi connectivity index (χ0) is 27.9. The summed E-state index contributed by atoms with van der Waals surface area (Å²) in [6.07, 6.45) is 5.21. The van der Waals surface area contributed by atoms with Crippen LogP contribution < -0.4 is 0 Å². The molecule has 2 aliphatic carbocycles. The largest absolute Gasteiger partial charge is 0.465 e. The van der Waals surface area contributed by atoms with E-state index in [9.17, 15) is 9.59 Å². The molecular formula is C32H34N2O6. The Balaban J connectivity index is 1.48. The van der Waals surface area contributed by atoms with Crippen LogP contribution in [-0.4, -0.2) is 54.6 Å². The molecule has 3 aliphatic rings. The number of ether oxygens (including phenoxy) is 4. The minimum atomic E-state index is -0.593. The standard InChI is InChI=1S/C32H34N2O6/c1-4-38-30(36)22-10-8-21(9-11-22)28-33-19-24-12-13-26-20(2)32(39-16-17-40-32)15-14-31(26,27(24)34-28)25-7-5-6-23(18-25)29(35)37-3/h5-11,18-20,26H,4,12-17H2,1-3H3/t20-,26+,31-/m0/s1. The van der Waals surface area contributed by atoms with Crippen LogP contribution in [0.1, 0.15) is 70.6 Å². The van der Waals surface area contributed by atoms with Crippen molar-refractivity contribution in [2.24, 2.45) is 11.8 Å². The average Bonchev–Trinajstić information content (AvgIpc) is 3.48. The number of rotatable bonds is 5. The summed E-state index contributed by atoms with van der Waals surface area (Å²) in [5, 5.41) is 0. The van der Waals surface area contributed by atoms with Crippen LogP contribution >= 0.6 is 0 Å². The number of aromatic nitrogens is 2. The number of methoxy groups -OCH3 is 1. The van der Waals surface area contributed by atoms with E-state index in [0.717, 1.165) is 48.1 Å². The van der Waals surface area contributed by atoms with Crippen LogP contribution in [0.4, 0.5) is 0 Å². The molecule has 2 aromatic carbocycles. The summed E-state index contributed by atoms with van der Waals surface area (Å²) < 4.78 is 22.7. The summed E-state index contributed by atoms with van der Waals surface area (Å²) in [4.78, 5) is 34.7. The van der Waals surface area contributed by atoms with Crippen LogP contribution in [0.3, 0.4) is 0 Å². The molecule has 1 aliphatic heterocycles. The van der Waals surface area contributed by atoms with Gasteiger partial charge in [0.1, 0.15) is 0 Å². The zero-order valence-corrected chi connectivity index (χ0v) is 23.1. The Kier molecular flexibility index (Phi) is 6.92. The second kappa shape index (κ2) is 10.4. The Morgan fingerprint density at radius 2 is 1.80 bits per heavy atom. The van der Waals surface area contributed by atoms with Crippen molar-refractivity contribution in [2.75, 3.05) is 26.9 Å². The number of nitrogens with zero attached hydrogens (tertiary/aromatic N) is 2. The summed E-state index contributed by atoms with van der Waals surface area (Å²) in [7, 11) is 1.40. The van der Waals surface area contributed by atoms with Gasteiger partial charge in [0.25, 0.3) is 0 Å². The number of fused-ring (bicyclic) bond motifs is 3. The monoisotopic (exact) mass is 542 g/mol. The number of benzene rings is 2. The molecule has 1 saturated carbocycles. The van der Waals surface area contributed by atoms with Crippen LogP contribution in [0.2, 0.25) is 0 Å². The molecule has 1 spiro atoms. The van der Waals surface area contributed by atoms with E-state index in [1.165, 1.54) is 7.11 Å². The molecule has 8 nitrogen and oxygen atoms in total. The zero-order valence-electron chi connectivity index (χ0n) is 23.1. The highest BCUT2D eigenvalue weighted by Gasteiger charge is 2.60. The molecule has 0 radical (unpaired) electrons. The van der Waals surface area contributed by atoms with Gasteiger partial charge in [-0.05, 0) is 67.5 Å². The second-order valence-electron chi connectivity index (χ2n) is 10.9. The predicted octanol–water partition coefficient (Wildman–Crippen LogP) is 5.13. The number of hydrogen-bond donors (Lipinski definition) is 0. The molecule has 0 N–H and O–H groups in total. The highest BCUT2D eigenvalue weighted by atomic mass is 16.7. The molecule has 0 amide bonds. The first-order valence-electron chi connectivity index (χ1n) is 14.0. The van der Waals surface area contributed by atoms with Gasteiger partial charge in [-0.2, -0.15) is 0 Å². The van der Waals surface area contributed by atoms with Gasteiger partial charge in [0.2, 0.25) is 0 Å². The third-order valence-corrected chi connectivity index (χ3v) is 9.04. The van der Waals surface area contributed by atoms with Crippen molar-refractivity contribution in [2.45, 2.75) is 50.7 Å². The van der Waals surface area contributed by atoms with E-state index in [-0.39, 0.29) is 23.8 Å². The fourth-order valence-corrected chi connectivity index (χ4v) is 7.12. The summed E-state index contributed by atoms with van der Waals surface area (Å²) in [5.41, 5.74) is 4.52. The lowest BCUT2D eigenvalue weighted by atomic mass is 9.51.